The smallest absolute Gasteiger partial charge is 0.388 e. The summed E-state index contributed by atoms with van der Waals surface area (Å²) in [5.41, 5.74) is 1.30. The third kappa shape index (κ3) is 3.06. The predicted molar refractivity (Wildman–Crippen MR) is 45.2 cm³/mol. The molecule has 0 N–H and O–H groups in total. The zero-order chi connectivity index (χ0) is 10.8. The van der Waals surface area contributed by atoms with Crippen LogP contribution in [0.3, 0.4) is 0 Å². The fraction of sp³-hybridized carbons (Fsp3) is 0.375. The molecule has 0 amide bonds. The van der Waals surface area contributed by atoms with E-state index in [9.17, 15) is 13.2 Å². The number of pyridine rings is 1. The molecule has 1 aromatic rings. The second kappa shape index (κ2) is 4.04. The number of ether oxygens (including phenoxy) is 1. The quantitative estimate of drug-likeness (QED) is 0.722. The van der Waals surface area contributed by atoms with Crippen molar-refractivity contribution in [1.29, 1.82) is 0 Å². The average molecular weight is 226 g/mol. The Kier molecular flexibility index (Phi) is 3.21. The normalized spacial score (nSPS) is 11.5. The summed E-state index contributed by atoms with van der Waals surface area (Å²) in [6.45, 7) is 1.64. The van der Waals surface area contributed by atoms with Crippen molar-refractivity contribution in [2.24, 2.45) is 0 Å². The molecule has 0 saturated carbocycles. The predicted octanol–water partition coefficient (Wildman–Crippen LogP) is 3.03. The maximum atomic E-state index is 11.8. The molecule has 0 fully saturated rings. The van der Waals surface area contributed by atoms with Crippen LogP contribution in [0.4, 0.5) is 13.2 Å². The molecule has 78 valence electrons. The van der Waals surface area contributed by atoms with E-state index in [2.05, 4.69) is 9.72 Å². The van der Waals surface area contributed by atoms with Crippen LogP contribution in [-0.2, 0) is 5.88 Å². The Hall–Kier alpha value is -0.970. The molecule has 0 spiro atoms. The first-order valence-corrected chi connectivity index (χ1v) is 4.23. The third-order valence-electron chi connectivity index (χ3n) is 1.56. The number of hydrogen-bond donors (Lipinski definition) is 0. The molecule has 6 heteroatoms. The number of nitrogens with zero attached hydrogens (tertiary/aromatic N) is 1. The molecule has 1 rings (SSSR count). The average Bonchev–Trinajstić information content (AvgIpc) is 2.01. The molecule has 0 radical (unpaired) electrons. The second-order valence-electron chi connectivity index (χ2n) is 2.63. The summed E-state index contributed by atoms with van der Waals surface area (Å²) in [5, 5.41) is 0. The van der Waals surface area contributed by atoms with Crippen LogP contribution in [0.25, 0.3) is 0 Å². The van der Waals surface area contributed by atoms with Crippen molar-refractivity contribution < 1.29 is 17.9 Å². The molecular formula is C8H7ClF3NO. The van der Waals surface area contributed by atoms with Crippen LogP contribution in [0.15, 0.2) is 12.3 Å². The van der Waals surface area contributed by atoms with E-state index in [1.54, 1.807) is 6.92 Å². The molecular weight excluding hydrogens is 219 g/mol. The van der Waals surface area contributed by atoms with Gasteiger partial charge >= 0.3 is 6.36 Å². The minimum absolute atomic E-state index is 0.213. The Labute approximate surface area is 83.7 Å². The van der Waals surface area contributed by atoms with Crippen molar-refractivity contribution in [2.75, 3.05) is 0 Å². The van der Waals surface area contributed by atoms with E-state index in [0.717, 1.165) is 0 Å². The van der Waals surface area contributed by atoms with Gasteiger partial charge in [-0.25, -0.2) is 4.98 Å². The van der Waals surface area contributed by atoms with E-state index in [1.807, 2.05) is 0 Å². The van der Waals surface area contributed by atoms with Crippen LogP contribution in [0.1, 0.15) is 11.1 Å². The highest BCUT2D eigenvalue weighted by atomic mass is 35.5. The zero-order valence-electron chi connectivity index (χ0n) is 7.23. The molecule has 0 aromatic carbocycles. The van der Waals surface area contributed by atoms with Gasteiger partial charge < -0.3 is 4.74 Å². The van der Waals surface area contributed by atoms with Gasteiger partial charge in [0.05, 0.1) is 0 Å². The number of aromatic nitrogens is 1. The summed E-state index contributed by atoms with van der Waals surface area (Å²) in [6.07, 6.45) is -3.44. The topological polar surface area (TPSA) is 22.1 Å². The minimum Gasteiger partial charge on any atom is -0.388 e. The number of aryl methyl sites for hydroxylation is 1. The lowest BCUT2D eigenvalue weighted by molar-refractivity contribution is -0.276. The van der Waals surface area contributed by atoms with Crippen LogP contribution in [0.5, 0.6) is 5.88 Å². The van der Waals surface area contributed by atoms with Gasteiger partial charge in [0.1, 0.15) is 0 Å². The number of alkyl halides is 4. The molecule has 0 atom stereocenters. The van der Waals surface area contributed by atoms with Crippen molar-refractivity contribution in [2.45, 2.75) is 19.2 Å². The molecule has 0 saturated heterocycles. The summed E-state index contributed by atoms with van der Waals surface area (Å²) in [6, 6.07) is 1.20. The highest BCUT2D eigenvalue weighted by Crippen LogP contribution is 2.22. The van der Waals surface area contributed by atoms with Crippen molar-refractivity contribution in [3.05, 3.63) is 23.4 Å². The van der Waals surface area contributed by atoms with Crippen molar-refractivity contribution in [3.8, 4) is 5.88 Å². The van der Waals surface area contributed by atoms with E-state index in [4.69, 9.17) is 11.6 Å². The van der Waals surface area contributed by atoms with E-state index in [0.29, 0.717) is 11.1 Å². The van der Waals surface area contributed by atoms with Crippen LogP contribution in [0.2, 0.25) is 0 Å². The number of halogens is 4. The molecule has 0 unspecified atom stereocenters. The van der Waals surface area contributed by atoms with Crippen LogP contribution in [-0.4, -0.2) is 11.3 Å². The highest BCUT2D eigenvalue weighted by Gasteiger charge is 2.31. The lowest BCUT2D eigenvalue weighted by atomic mass is 10.2. The van der Waals surface area contributed by atoms with Crippen LogP contribution in [0, 0.1) is 6.92 Å². The fourth-order valence-electron chi connectivity index (χ4n) is 0.873. The second-order valence-corrected chi connectivity index (χ2v) is 2.90. The Morgan fingerprint density at radius 3 is 2.57 bits per heavy atom. The molecule has 0 aliphatic carbocycles. The van der Waals surface area contributed by atoms with E-state index in [1.165, 1.54) is 12.3 Å². The van der Waals surface area contributed by atoms with Crippen LogP contribution < -0.4 is 4.74 Å². The van der Waals surface area contributed by atoms with Crippen molar-refractivity contribution >= 4 is 11.6 Å². The number of hydrogen-bond acceptors (Lipinski definition) is 2. The maximum Gasteiger partial charge on any atom is 0.574 e. The molecule has 2 nitrogen and oxygen atoms in total. The zero-order valence-corrected chi connectivity index (χ0v) is 7.99. The van der Waals surface area contributed by atoms with Gasteiger partial charge in [0.25, 0.3) is 0 Å². The molecule has 0 aliphatic rings. The largest absolute Gasteiger partial charge is 0.574 e. The van der Waals surface area contributed by atoms with Crippen molar-refractivity contribution in [1.82, 2.24) is 4.98 Å². The summed E-state index contributed by atoms with van der Waals surface area (Å²) in [7, 11) is 0. The first kappa shape index (κ1) is 11.1. The monoisotopic (exact) mass is 225 g/mol. The van der Waals surface area contributed by atoms with Gasteiger partial charge in [-0.2, -0.15) is 0 Å². The summed E-state index contributed by atoms with van der Waals surface area (Å²) in [4.78, 5) is 3.47. The standard InChI is InChI=1S/C8H7ClF3NO/c1-5-2-7(14-8(10,11)12)13-4-6(5)3-9/h2,4H,3H2,1H3. The highest BCUT2D eigenvalue weighted by molar-refractivity contribution is 6.17. The Morgan fingerprint density at radius 2 is 2.14 bits per heavy atom. The molecule has 0 bridgehead atoms. The lowest BCUT2D eigenvalue weighted by Gasteiger charge is -2.09. The van der Waals surface area contributed by atoms with E-state index >= 15 is 0 Å². The first-order valence-electron chi connectivity index (χ1n) is 3.69. The maximum absolute atomic E-state index is 11.8. The Balaban J connectivity index is 2.87. The fourth-order valence-corrected chi connectivity index (χ4v) is 1.15. The Bertz CT molecular complexity index is 327. The first-order chi connectivity index (χ1) is 6.42. The van der Waals surface area contributed by atoms with Gasteiger partial charge in [-0.05, 0) is 18.1 Å². The molecule has 1 aromatic heterocycles. The summed E-state index contributed by atoms with van der Waals surface area (Å²) >= 11 is 5.51. The van der Waals surface area contributed by atoms with E-state index < -0.39 is 12.2 Å². The molecule has 1 heterocycles. The molecule has 14 heavy (non-hydrogen) atoms. The van der Waals surface area contributed by atoms with Gasteiger partial charge in [0.2, 0.25) is 5.88 Å². The minimum atomic E-state index is -4.71. The van der Waals surface area contributed by atoms with Gasteiger partial charge in [-0.3, -0.25) is 0 Å². The van der Waals surface area contributed by atoms with Gasteiger partial charge in [-0.15, -0.1) is 24.8 Å². The molecule has 0 aliphatic heterocycles. The van der Waals surface area contributed by atoms with Crippen LogP contribution >= 0.6 is 11.6 Å². The van der Waals surface area contributed by atoms with E-state index in [-0.39, 0.29) is 5.88 Å². The SMILES string of the molecule is Cc1cc(OC(F)(F)F)ncc1CCl. The van der Waals surface area contributed by atoms with Gasteiger partial charge in [0, 0.05) is 18.1 Å². The van der Waals surface area contributed by atoms with Gasteiger partial charge in [-0.1, -0.05) is 0 Å². The van der Waals surface area contributed by atoms with Crippen molar-refractivity contribution in [3.63, 3.8) is 0 Å². The summed E-state index contributed by atoms with van der Waals surface area (Å²) < 4.78 is 38.9. The summed E-state index contributed by atoms with van der Waals surface area (Å²) in [5.74, 6) is -0.255. The van der Waals surface area contributed by atoms with Gasteiger partial charge in [0.15, 0.2) is 0 Å². The third-order valence-corrected chi connectivity index (χ3v) is 1.85. The Morgan fingerprint density at radius 1 is 1.50 bits per heavy atom. The lowest BCUT2D eigenvalue weighted by Crippen LogP contribution is -2.18. The number of rotatable bonds is 2.